The lowest BCUT2D eigenvalue weighted by Crippen LogP contribution is -1.94. The van der Waals surface area contributed by atoms with Gasteiger partial charge in [0, 0.05) is 29.0 Å². The maximum atomic E-state index is 5.90. The van der Waals surface area contributed by atoms with Crippen molar-refractivity contribution in [1.29, 1.82) is 0 Å². The molecule has 3 rings (SSSR count). The van der Waals surface area contributed by atoms with Gasteiger partial charge < -0.3 is 14.4 Å². The van der Waals surface area contributed by atoms with Gasteiger partial charge in [-0.05, 0) is 23.6 Å². The minimum absolute atomic E-state index is 0.542. The van der Waals surface area contributed by atoms with Crippen molar-refractivity contribution < 1.29 is 4.74 Å². The maximum Gasteiger partial charge on any atom is 0.179 e. The number of pyridine rings is 1. The third kappa shape index (κ3) is 3.37. The lowest BCUT2D eigenvalue weighted by Gasteiger charge is -2.08. The molecule has 2 aromatic heterocycles. The molecule has 2 heterocycles. The van der Waals surface area contributed by atoms with Crippen molar-refractivity contribution in [1.82, 2.24) is 9.97 Å². The lowest BCUT2D eigenvalue weighted by atomic mass is 10.2. The van der Waals surface area contributed by atoms with Gasteiger partial charge in [0.15, 0.2) is 11.6 Å². The zero-order valence-corrected chi connectivity index (χ0v) is 13.4. The number of benzene rings is 1. The highest BCUT2D eigenvalue weighted by Crippen LogP contribution is 2.30. The van der Waals surface area contributed by atoms with E-state index in [9.17, 15) is 0 Å². The van der Waals surface area contributed by atoms with Gasteiger partial charge in [-0.3, -0.25) is 0 Å². The summed E-state index contributed by atoms with van der Waals surface area (Å²) in [5, 5.41) is 0.542. The predicted molar refractivity (Wildman–Crippen MR) is 91.5 cm³/mol. The van der Waals surface area contributed by atoms with E-state index in [4.69, 9.17) is 16.3 Å². The van der Waals surface area contributed by atoms with E-state index in [1.54, 1.807) is 19.4 Å². The zero-order valence-electron chi connectivity index (χ0n) is 11.8. The van der Waals surface area contributed by atoms with E-state index in [1.807, 2.05) is 24.4 Å². The van der Waals surface area contributed by atoms with Crippen LogP contribution >= 0.6 is 23.5 Å². The van der Waals surface area contributed by atoms with Gasteiger partial charge in [-0.15, -0.1) is 0 Å². The molecule has 0 aliphatic carbocycles. The number of hydrogen-bond acceptors (Lipinski definition) is 4. The maximum absolute atomic E-state index is 5.90. The number of hydrogen-bond donors (Lipinski definition) is 2. The summed E-state index contributed by atoms with van der Waals surface area (Å²) < 4.78 is 8.43. The van der Waals surface area contributed by atoms with E-state index in [0.717, 1.165) is 16.2 Å². The molecule has 22 heavy (non-hydrogen) atoms. The van der Waals surface area contributed by atoms with Crippen LogP contribution in [0, 0.1) is 0 Å². The normalized spacial score (nSPS) is 10.5. The second kappa shape index (κ2) is 6.77. The molecule has 0 saturated carbocycles. The summed E-state index contributed by atoms with van der Waals surface area (Å²) in [6.45, 7) is 0. The molecule has 0 spiro atoms. The van der Waals surface area contributed by atoms with Crippen LogP contribution in [-0.2, 0) is 0 Å². The molecule has 0 fully saturated rings. The van der Waals surface area contributed by atoms with E-state index in [1.165, 1.54) is 11.9 Å². The Hall–Kier alpha value is -2.11. The Balaban J connectivity index is 1.71. The molecule has 0 unspecified atom stereocenters. The molecule has 0 aliphatic heterocycles. The minimum Gasteiger partial charge on any atom is -0.493 e. The average Bonchev–Trinajstić information content (AvgIpc) is 3.03. The Morgan fingerprint density at radius 3 is 2.82 bits per heavy atom. The summed E-state index contributed by atoms with van der Waals surface area (Å²) in [6.07, 6.45) is 3.53. The molecule has 0 amide bonds. The van der Waals surface area contributed by atoms with E-state index in [-0.39, 0.29) is 0 Å². The molecule has 1 aromatic carbocycles. The number of methoxy groups -OCH3 is 1. The second-order valence-corrected chi connectivity index (χ2v) is 5.84. The molecule has 0 bridgehead atoms. The summed E-state index contributed by atoms with van der Waals surface area (Å²) in [5.41, 5.74) is 2.22. The van der Waals surface area contributed by atoms with Crippen molar-refractivity contribution in [3.63, 3.8) is 0 Å². The third-order valence-corrected chi connectivity index (χ3v) is 4.02. The van der Waals surface area contributed by atoms with Gasteiger partial charge in [0.05, 0.1) is 12.1 Å². The number of rotatable bonds is 5. The van der Waals surface area contributed by atoms with Gasteiger partial charge in [-0.25, -0.2) is 4.98 Å². The van der Waals surface area contributed by atoms with Crippen LogP contribution in [0.5, 0.6) is 5.75 Å². The highest BCUT2D eigenvalue weighted by atomic mass is 35.5. The molecule has 4 nitrogen and oxygen atoms in total. The van der Waals surface area contributed by atoms with Crippen LogP contribution in [0.2, 0.25) is 5.02 Å². The lowest BCUT2D eigenvalue weighted by molar-refractivity contribution is 0.415. The van der Waals surface area contributed by atoms with Crippen LogP contribution in [0.4, 0.5) is 5.82 Å². The van der Waals surface area contributed by atoms with Crippen molar-refractivity contribution in [2.24, 2.45) is 0 Å². The number of aromatic nitrogens is 2. The first-order valence-electron chi connectivity index (χ1n) is 6.62. The summed E-state index contributed by atoms with van der Waals surface area (Å²) in [5.74, 6) is 1.25. The summed E-state index contributed by atoms with van der Waals surface area (Å²) in [6, 6.07) is 14.0. The molecule has 0 atom stereocenters. The fraction of sp³-hybridized carbons (Fsp3) is 0.0625. The minimum atomic E-state index is 0.542. The predicted octanol–water partition coefficient (Wildman–Crippen LogP) is 4.86. The first kappa shape index (κ1) is 14.8. The second-order valence-electron chi connectivity index (χ2n) is 4.52. The number of halogens is 1. The number of anilines is 1. The molecule has 6 heteroatoms. The largest absolute Gasteiger partial charge is 0.493 e. The Morgan fingerprint density at radius 2 is 2.05 bits per heavy atom. The average molecular weight is 332 g/mol. The van der Waals surface area contributed by atoms with Crippen LogP contribution in [0.25, 0.3) is 11.3 Å². The highest BCUT2D eigenvalue weighted by molar-refractivity contribution is 8.00. The Labute approximate surface area is 138 Å². The number of aromatic amines is 1. The smallest absolute Gasteiger partial charge is 0.179 e. The van der Waals surface area contributed by atoms with E-state index in [2.05, 4.69) is 32.9 Å². The standard InChI is InChI=1S/C16H14ClN3OS/c1-21-15-7-12(17)9-19-16(15)20-22-13-8-14(18-10-13)11-5-3-2-4-6-11/h2-10,18H,1H3,(H,19,20). The molecular formula is C16H14ClN3OS. The fourth-order valence-corrected chi connectivity index (χ4v) is 2.79. The third-order valence-electron chi connectivity index (χ3n) is 3.05. The summed E-state index contributed by atoms with van der Waals surface area (Å²) in [4.78, 5) is 8.55. The monoisotopic (exact) mass is 331 g/mol. The Morgan fingerprint density at radius 1 is 1.23 bits per heavy atom. The molecule has 0 radical (unpaired) electrons. The fourth-order valence-electron chi connectivity index (χ4n) is 1.98. The number of H-pyrrole nitrogens is 1. The van der Waals surface area contributed by atoms with E-state index >= 15 is 0 Å². The van der Waals surface area contributed by atoms with Crippen LogP contribution in [0.3, 0.4) is 0 Å². The zero-order chi connectivity index (χ0) is 15.4. The van der Waals surface area contributed by atoms with Gasteiger partial charge in [-0.2, -0.15) is 0 Å². The molecule has 0 saturated heterocycles. The van der Waals surface area contributed by atoms with Crippen molar-refractivity contribution in [3.8, 4) is 17.0 Å². The van der Waals surface area contributed by atoms with Crippen LogP contribution < -0.4 is 9.46 Å². The Bertz CT molecular complexity index is 761. The van der Waals surface area contributed by atoms with Crippen molar-refractivity contribution >= 4 is 29.4 Å². The van der Waals surface area contributed by atoms with E-state index in [0.29, 0.717) is 16.6 Å². The summed E-state index contributed by atoms with van der Waals surface area (Å²) in [7, 11) is 1.59. The number of nitrogens with zero attached hydrogens (tertiary/aromatic N) is 1. The Kier molecular flexibility index (Phi) is 4.56. The van der Waals surface area contributed by atoms with Gasteiger partial charge in [0.2, 0.25) is 0 Å². The summed E-state index contributed by atoms with van der Waals surface area (Å²) >= 11 is 7.36. The molecule has 3 aromatic rings. The van der Waals surface area contributed by atoms with Gasteiger partial charge in [0.1, 0.15) is 0 Å². The number of ether oxygens (including phenoxy) is 1. The van der Waals surface area contributed by atoms with E-state index < -0.39 is 0 Å². The van der Waals surface area contributed by atoms with Crippen molar-refractivity contribution in [2.45, 2.75) is 4.90 Å². The van der Waals surface area contributed by atoms with Crippen LogP contribution in [-0.4, -0.2) is 17.1 Å². The van der Waals surface area contributed by atoms with Crippen molar-refractivity contribution in [3.05, 3.63) is 59.9 Å². The topological polar surface area (TPSA) is 49.9 Å². The van der Waals surface area contributed by atoms with Crippen LogP contribution in [0.1, 0.15) is 0 Å². The van der Waals surface area contributed by atoms with Crippen molar-refractivity contribution in [2.75, 3.05) is 11.8 Å². The molecule has 0 aliphatic rings. The van der Waals surface area contributed by atoms with Gasteiger partial charge in [-0.1, -0.05) is 41.9 Å². The first-order chi connectivity index (χ1) is 10.8. The molecule has 112 valence electrons. The SMILES string of the molecule is COc1cc(Cl)cnc1NSc1c[nH]c(-c2ccccc2)c1. The van der Waals surface area contributed by atoms with Crippen LogP contribution in [0.15, 0.2) is 59.8 Å². The van der Waals surface area contributed by atoms with Gasteiger partial charge >= 0.3 is 0 Å². The quantitative estimate of drug-likeness (QED) is 0.656. The molecular weight excluding hydrogens is 318 g/mol. The van der Waals surface area contributed by atoms with Gasteiger partial charge in [0.25, 0.3) is 0 Å². The first-order valence-corrected chi connectivity index (χ1v) is 7.82. The number of nitrogens with one attached hydrogen (secondary N) is 2. The molecule has 2 N–H and O–H groups in total. The highest BCUT2D eigenvalue weighted by Gasteiger charge is 2.07.